The van der Waals surface area contributed by atoms with E-state index in [4.69, 9.17) is 4.84 Å². The zero-order valence-corrected chi connectivity index (χ0v) is 15.5. The fraction of sp³-hybridized carbons (Fsp3) is 0.611. The van der Waals surface area contributed by atoms with E-state index in [-0.39, 0.29) is 11.8 Å². The molecule has 6 heteroatoms. The monoisotopic (exact) mass is 350 g/mol. The molecule has 5 nitrogen and oxygen atoms in total. The van der Waals surface area contributed by atoms with Gasteiger partial charge in [0.05, 0.1) is 11.2 Å². The van der Waals surface area contributed by atoms with Crippen molar-refractivity contribution in [3.05, 3.63) is 30.1 Å². The van der Waals surface area contributed by atoms with Crippen LogP contribution >= 0.6 is 11.8 Å². The highest BCUT2D eigenvalue weighted by Gasteiger charge is 2.28. The molecule has 24 heavy (non-hydrogen) atoms. The predicted octanol–water partition coefficient (Wildman–Crippen LogP) is 3.21. The van der Waals surface area contributed by atoms with E-state index in [1.54, 1.807) is 41.4 Å². The van der Waals surface area contributed by atoms with Gasteiger partial charge < -0.3 is 4.84 Å². The summed E-state index contributed by atoms with van der Waals surface area (Å²) in [6.07, 6.45) is 5.28. The summed E-state index contributed by atoms with van der Waals surface area (Å²) in [6.45, 7) is 7.12. The van der Waals surface area contributed by atoms with Crippen molar-refractivity contribution in [3.8, 4) is 0 Å². The SMILES string of the molecule is CC(C)(C)C(=O)ON1CCC(CSCC(=O)c2ccncc2)CC1. The summed E-state index contributed by atoms with van der Waals surface area (Å²) >= 11 is 1.69. The van der Waals surface area contributed by atoms with Gasteiger partial charge in [0, 0.05) is 31.0 Å². The predicted molar refractivity (Wildman–Crippen MR) is 95.7 cm³/mol. The largest absolute Gasteiger partial charge is 0.367 e. The molecule has 0 N–H and O–H groups in total. The second-order valence-electron chi connectivity index (χ2n) is 7.18. The Hall–Kier alpha value is -1.40. The van der Waals surface area contributed by atoms with Gasteiger partial charge in [-0.25, -0.2) is 4.79 Å². The van der Waals surface area contributed by atoms with Gasteiger partial charge in [0.2, 0.25) is 0 Å². The van der Waals surface area contributed by atoms with Crippen molar-refractivity contribution >= 4 is 23.5 Å². The molecule has 1 aliphatic rings. The van der Waals surface area contributed by atoms with Crippen LogP contribution < -0.4 is 0 Å². The van der Waals surface area contributed by atoms with Crippen LogP contribution in [0.2, 0.25) is 0 Å². The van der Waals surface area contributed by atoms with Crippen LogP contribution in [0.5, 0.6) is 0 Å². The number of rotatable bonds is 6. The lowest BCUT2D eigenvalue weighted by Crippen LogP contribution is -2.39. The molecule has 0 bridgehead atoms. The number of hydroxylamine groups is 2. The van der Waals surface area contributed by atoms with E-state index < -0.39 is 5.41 Å². The molecule has 132 valence electrons. The second-order valence-corrected chi connectivity index (χ2v) is 8.21. The molecule has 0 aromatic carbocycles. The first-order chi connectivity index (χ1) is 11.4. The summed E-state index contributed by atoms with van der Waals surface area (Å²) in [7, 11) is 0. The average molecular weight is 350 g/mol. The standard InChI is InChI=1S/C18H26N2O3S/c1-18(2,3)17(22)23-20-10-6-14(7-11-20)12-24-13-16(21)15-4-8-19-9-5-15/h4-5,8-9,14H,6-7,10-13H2,1-3H3. The maximum atomic E-state index is 12.0. The Labute approximate surface area is 148 Å². The van der Waals surface area contributed by atoms with Crippen molar-refractivity contribution in [2.24, 2.45) is 11.3 Å². The number of hydrogen-bond donors (Lipinski definition) is 0. The van der Waals surface area contributed by atoms with Crippen molar-refractivity contribution in [1.29, 1.82) is 0 Å². The molecule has 1 aliphatic heterocycles. The molecule has 0 aliphatic carbocycles. The summed E-state index contributed by atoms with van der Waals surface area (Å²) in [4.78, 5) is 33.3. The topological polar surface area (TPSA) is 59.5 Å². The maximum absolute atomic E-state index is 12.0. The number of nitrogens with zero attached hydrogens (tertiary/aromatic N) is 2. The van der Waals surface area contributed by atoms with E-state index in [2.05, 4.69) is 4.98 Å². The van der Waals surface area contributed by atoms with Crippen LogP contribution in [0.15, 0.2) is 24.5 Å². The lowest BCUT2D eigenvalue weighted by molar-refractivity contribution is -0.205. The zero-order chi connectivity index (χ0) is 17.6. The highest BCUT2D eigenvalue weighted by molar-refractivity contribution is 7.99. The molecule has 2 rings (SSSR count). The lowest BCUT2D eigenvalue weighted by Gasteiger charge is -2.32. The van der Waals surface area contributed by atoms with Crippen molar-refractivity contribution < 1.29 is 14.4 Å². The fourth-order valence-corrected chi connectivity index (χ4v) is 3.50. The quantitative estimate of drug-likeness (QED) is 0.734. The summed E-state index contributed by atoms with van der Waals surface area (Å²) in [5.74, 6) is 2.02. The van der Waals surface area contributed by atoms with E-state index in [9.17, 15) is 9.59 Å². The van der Waals surface area contributed by atoms with E-state index >= 15 is 0 Å². The number of carbonyl (C=O) groups is 2. The number of aromatic nitrogens is 1. The normalized spacial score (nSPS) is 16.8. The lowest BCUT2D eigenvalue weighted by atomic mass is 9.97. The number of carbonyl (C=O) groups excluding carboxylic acids is 2. The van der Waals surface area contributed by atoms with Crippen LogP contribution in [0.3, 0.4) is 0 Å². The molecule has 1 fully saturated rings. The maximum Gasteiger partial charge on any atom is 0.330 e. The summed E-state index contributed by atoms with van der Waals surface area (Å²) in [5, 5.41) is 1.77. The number of Topliss-reactive ketones (excluding diaryl/α,β-unsaturated/α-hetero) is 1. The second kappa shape index (κ2) is 8.62. The van der Waals surface area contributed by atoms with Crippen LogP contribution in [-0.4, -0.2) is 46.4 Å². The molecule has 1 aromatic rings. The Balaban J connectivity index is 1.65. The number of thioether (sulfide) groups is 1. The van der Waals surface area contributed by atoms with Crippen LogP contribution in [0, 0.1) is 11.3 Å². The fourth-order valence-electron chi connectivity index (χ4n) is 2.36. The highest BCUT2D eigenvalue weighted by atomic mass is 32.2. The molecule has 1 saturated heterocycles. The summed E-state index contributed by atoms with van der Waals surface area (Å²) in [6, 6.07) is 3.51. The van der Waals surface area contributed by atoms with Crippen molar-refractivity contribution in [2.75, 3.05) is 24.6 Å². The van der Waals surface area contributed by atoms with E-state index in [0.717, 1.165) is 37.2 Å². The van der Waals surface area contributed by atoms with Gasteiger partial charge in [-0.2, -0.15) is 11.8 Å². The summed E-state index contributed by atoms with van der Waals surface area (Å²) < 4.78 is 0. The first-order valence-corrected chi connectivity index (χ1v) is 9.50. The third kappa shape index (κ3) is 5.91. The van der Waals surface area contributed by atoms with E-state index in [1.165, 1.54) is 0 Å². The summed E-state index contributed by atoms with van der Waals surface area (Å²) in [5.41, 5.74) is 0.251. The third-order valence-electron chi connectivity index (χ3n) is 3.99. The van der Waals surface area contributed by atoms with Gasteiger partial charge >= 0.3 is 5.97 Å². The first-order valence-electron chi connectivity index (χ1n) is 8.34. The Kier molecular flexibility index (Phi) is 6.80. The molecular formula is C18H26N2O3S. The van der Waals surface area contributed by atoms with Crippen LogP contribution in [-0.2, 0) is 9.63 Å². The van der Waals surface area contributed by atoms with Gasteiger partial charge in [0.25, 0.3) is 0 Å². The Morgan fingerprint density at radius 2 is 1.88 bits per heavy atom. The van der Waals surface area contributed by atoms with Gasteiger partial charge in [-0.15, -0.1) is 5.06 Å². The number of piperidine rings is 1. The molecule has 0 radical (unpaired) electrons. The Morgan fingerprint density at radius 1 is 1.25 bits per heavy atom. The first kappa shape index (κ1) is 18.9. The van der Waals surface area contributed by atoms with Crippen molar-refractivity contribution in [2.45, 2.75) is 33.6 Å². The van der Waals surface area contributed by atoms with Crippen molar-refractivity contribution in [3.63, 3.8) is 0 Å². The molecule has 0 amide bonds. The van der Waals surface area contributed by atoms with E-state index in [0.29, 0.717) is 11.7 Å². The van der Waals surface area contributed by atoms with E-state index in [1.807, 2.05) is 20.8 Å². The minimum absolute atomic E-state index is 0.152. The average Bonchev–Trinajstić information content (AvgIpc) is 2.56. The van der Waals surface area contributed by atoms with Gasteiger partial charge in [-0.05, 0) is 57.4 Å². The van der Waals surface area contributed by atoms with Crippen molar-refractivity contribution in [1.82, 2.24) is 10.0 Å². The third-order valence-corrected chi connectivity index (χ3v) is 5.16. The number of ketones is 1. The molecule has 0 unspecified atom stereocenters. The van der Waals surface area contributed by atoms with Gasteiger partial charge in [0.15, 0.2) is 5.78 Å². The molecule has 0 saturated carbocycles. The Morgan fingerprint density at radius 3 is 2.46 bits per heavy atom. The van der Waals surface area contributed by atoms with Crippen LogP contribution in [0.25, 0.3) is 0 Å². The van der Waals surface area contributed by atoms with Crippen LogP contribution in [0.1, 0.15) is 44.0 Å². The molecule has 1 aromatic heterocycles. The molecule has 0 spiro atoms. The Bertz CT molecular complexity index is 549. The number of pyridine rings is 1. The van der Waals surface area contributed by atoms with Gasteiger partial charge in [0.1, 0.15) is 0 Å². The molecule has 2 heterocycles. The highest BCUT2D eigenvalue weighted by Crippen LogP contribution is 2.24. The number of hydrogen-bond acceptors (Lipinski definition) is 6. The smallest absolute Gasteiger partial charge is 0.330 e. The van der Waals surface area contributed by atoms with Gasteiger partial charge in [-0.3, -0.25) is 9.78 Å². The van der Waals surface area contributed by atoms with Crippen LogP contribution in [0.4, 0.5) is 0 Å². The van der Waals surface area contributed by atoms with Gasteiger partial charge in [-0.1, -0.05) is 0 Å². The molecular weight excluding hydrogens is 324 g/mol. The zero-order valence-electron chi connectivity index (χ0n) is 14.7. The minimum atomic E-state index is -0.472. The molecule has 0 atom stereocenters. The minimum Gasteiger partial charge on any atom is -0.367 e.